The molecule has 126 valence electrons. The molecule has 23 heavy (non-hydrogen) atoms. The molecule has 2 heterocycles. The van der Waals surface area contributed by atoms with Gasteiger partial charge >= 0.3 is 5.97 Å². The molecule has 1 aromatic carbocycles. The van der Waals surface area contributed by atoms with Crippen molar-refractivity contribution in [2.45, 2.75) is 18.8 Å². The van der Waals surface area contributed by atoms with Gasteiger partial charge in [0.1, 0.15) is 5.75 Å². The number of rotatable bonds is 5. The molecule has 0 aliphatic carbocycles. The van der Waals surface area contributed by atoms with Crippen LogP contribution in [0.2, 0.25) is 0 Å². The molecule has 1 aromatic rings. The smallest absolute Gasteiger partial charge is 0.308 e. The van der Waals surface area contributed by atoms with E-state index in [2.05, 4.69) is 4.90 Å². The first kappa shape index (κ1) is 16.3. The van der Waals surface area contributed by atoms with Gasteiger partial charge in [-0.2, -0.15) is 0 Å². The average Bonchev–Trinajstić information content (AvgIpc) is 3.00. The van der Waals surface area contributed by atoms with Crippen LogP contribution in [0.15, 0.2) is 24.3 Å². The molecule has 3 rings (SSSR count). The topological polar surface area (TPSA) is 59.0 Å². The molecule has 0 spiro atoms. The quantitative estimate of drug-likeness (QED) is 0.902. The van der Waals surface area contributed by atoms with Crippen molar-refractivity contribution >= 4 is 5.97 Å². The van der Waals surface area contributed by atoms with Gasteiger partial charge in [-0.3, -0.25) is 4.79 Å². The van der Waals surface area contributed by atoms with Crippen molar-refractivity contribution in [2.75, 3.05) is 40.0 Å². The lowest BCUT2D eigenvalue weighted by atomic mass is 9.89. The summed E-state index contributed by atoms with van der Waals surface area (Å²) >= 11 is 0. The molecule has 2 saturated heterocycles. The summed E-state index contributed by atoms with van der Waals surface area (Å²) < 4.78 is 10.7. The Balaban J connectivity index is 1.71. The molecule has 0 aromatic heterocycles. The third kappa shape index (κ3) is 3.85. The van der Waals surface area contributed by atoms with Crippen LogP contribution in [0.1, 0.15) is 24.3 Å². The highest BCUT2D eigenvalue weighted by atomic mass is 16.5. The largest absolute Gasteiger partial charge is 0.497 e. The fourth-order valence-electron chi connectivity index (χ4n) is 3.79. The van der Waals surface area contributed by atoms with Crippen LogP contribution in [0.25, 0.3) is 0 Å². The molecule has 0 amide bonds. The summed E-state index contributed by atoms with van der Waals surface area (Å²) in [7, 11) is 1.64. The van der Waals surface area contributed by atoms with E-state index in [1.54, 1.807) is 7.11 Å². The number of hydrogen-bond donors (Lipinski definition) is 1. The fourth-order valence-corrected chi connectivity index (χ4v) is 3.79. The third-order valence-corrected chi connectivity index (χ3v) is 5.09. The average molecular weight is 319 g/mol. The molecule has 2 atom stereocenters. The first-order chi connectivity index (χ1) is 11.2. The highest BCUT2D eigenvalue weighted by Gasteiger charge is 2.39. The second kappa shape index (κ2) is 7.32. The number of ether oxygens (including phenoxy) is 2. The molecule has 0 bridgehead atoms. The Morgan fingerprint density at radius 2 is 2.13 bits per heavy atom. The van der Waals surface area contributed by atoms with Crippen LogP contribution in [0.3, 0.4) is 0 Å². The Hall–Kier alpha value is -1.59. The third-order valence-electron chi connectivity index (χ3n) is 5.09. The van der Waals surface area contributed by atoms with Crippen LogP contribution in [0.5, 0.6) is 5.75 Å². The van der Waals surface area contributed by atoms with E-state index in [0.29, 0.717) is 12.5 Å². The van der Waals surface area contributed by atoms with Crippen LogP contribution < -0.4 is 4.74 Å². The Bertz CT molecular complexity index is 542. The molecule has 2 aliphatic heterocycles. The molecular formula is C18H25NO4. The van der Waals surface area contributed by atoms with E-state index in [9.17, 15) is 9.90 Å². The Labute approximate surface area is 137 Å². The van der Waals surface area contributed by atoms with Crippen molar-refractivity contribution in [2.24, 2.45) is 11.8 Å². The summed E-state index contributed by atoms with van der Waals surface area (Å²) in [6, 6.07) is 7.82. The van der Waals surface area contributed by atoms with Crippen LogP contribution in [-0.4, -0.2) is 55.9 Å². The van der Waals surface area contributed by atoms with Gasteiger partial charge in [0.05, 0.1) is 13.0 Å². The number of aliphatic carboxylic acids is 1. The van der Waals surface area contributed by atoms with E-state index in [1.165, 1.54) is 0 Å². The van der Waals surface area contributed by atoms with Crippen molar-refractivity contribution in [3.8, 4) is 5.75 Å². The second-order valence-corrected chi connectivity index (χ2v) is 6.60. The minimum absolute atomic E-state index is 0.0300. The van der Waals surface area contributed by atoms with Gasteiger partial charge in [-0.15, -0.1) is 0 Å². The molecule has 2 fully saturated rings. The van der Waals surface area contributed by atoms with Crippen molar-refractivity contribution in [3.05, 3.63) is 29.8 Å². The summed E-state index contributed by atoms with van der Waals surface area (Å²) in [4.78, 5) is 14.0. The van der Waals surface area contributed by atoms with Gasteiger partial charge in [-0.1, -0.05) is 12.1 Å². The van der Waals surface area contributed by atoms with Crippen molar-refractivity contribution in [3.63, 3.8) is 0 Å². The number of benzene rings is 1. The Kier molecular flexibility index (Phi) is 5.18. The van der Waals surface area contributed by atoms with Crippen molar-refractivity contribution < 1.29 is 19.4 Å². The monoisotopic (exact) mass is 319 g/mol. The van der Waals surface area contributed by atoms with Gasteiger partial charge in [-0.05, 0) is 36.5 Å². The molecule has 0 saturated carbocycles. The summed E-state index contributed by atoms with van der Waals surface area (Å²) in [5.74, 6) is 0.397. The Morgan fingerprint density at radius 1 is 1.35 bits per heavy atom. The van der Waals surface area contributed by atoms with E-state index < -0.39 is 5.97 Å². The van der Waals surface area contributed by atoms with Gasteiger partial charge in [0.15, 0.2) is 0 Å². The molecule has 1 N–H and O–H groups in total. The second-order valence-electron chi connectivity index (χ2n) is 6.60. The fraction of sp³-hybridized carbons (Fsp3) is 0.611. The molecule has 5 heteroatoms. The summed E-state index contributed by atoms with van der Waals surface area (Å²) in [6.07, 6.45) is 2.16. The Morgan fingerprint density at radius 3 is 2.83 bits per heavy atom. The number of nitrogens with zero attached hydrogens (tertiary/aromatic N) is 1. The lowest BCUT2D eigenvalue weighted by molar-refractivity contribution is -0.141. The molecular weight excluding hydrogens is 294 g/mol. The maximum atomic E-state index is 11.7. The van der Waals surface area contributed by atoms with Crippen molar-refractivity contribution in [1.29, 1.82) is 0 Å². The predicted molar refractivity (Wildman–Crippen MR) is 86.8 cm³/mol. The SMILES string of the molecule is COc1cccc([C@@H]2CN(CC3CCOCC3)C[C@H]2C(=O)O)c1. The lowest BCUT2D eigenvalue weighted by Gasteiger charge is -2.27. The highest BCUT2D eigenvalue weighted by molar-refractivity contribution is 5.72. The molecule has 2 aliphatic rings. The van der Waals surface area contributed by atoms with E-state index >= 15 is 0 Å². The van der Waals surface area contributed by atoms with E-state index in [-0.39, 0.29) is 11.8 Å². The summed E-state index contributed by atoms with van der Waals surface area (Å²) in [6.45, 7) is 4.09. The predicted octanol–water partition coefficient (Wildman–Crippen LogP) is 2.22. The zero-order valence-electron chi connectivity index (χ0n) is 13.6. The zero-order valence-corrected chi connectivity index (χ0v) is 13.6. The minimum atomic E-state index is -0.702. The molecule has 0 unspecified atom stereocenters. The van der Waals surface area contributed by atoms with E-state index in [1.807, 2.05) is 24.3 Å². The van der Waals surface area contributed by atoms with Gasteiger partial charge in [0.25, 0.3) is 0 Å². The lowest BCUT2D eigenvalue weighted by Crippen LogP contribution is -2.31. The minimum Gasteiger partial charge on any atom is -0.497 e. The van der Waals surface area contributed by atoms with Gasteiger partial charge in [0.2, 0.25) is 0 Å². The van der Waals surface area contributed by atoms with Crippen LogP contribution in [0, 0.1) is 11.8 Å². The first-order valence-electron chi connectivity index (χ1n) is 8.34. The number of carboxylic acids is 1. The van der Waals surface area contributed by atoms with Gasteiger partial charge in [-0.25, -0.2) is 0 Å². The summed E-state index contributed by atoms with van der Waals surface area (Å²) in [5, 5.41) is 9.62. The van der Waals surface area contributed by atoms with Gasteiger partial charge < -0.3 is 19.5 Å². The highest BCUT2D eigenvalue weighted by Crippen LogP contribution is 2.35. The number of carbonyl (C=O) groups is 1. The molecule has 5 nitrogen and oxygen atoms in total. The number of hydrogen-bond acceptors (Lipinski definition) is 4. The van der Waals surface area contributed by atoms with E-state index in [0.717, 1.165) is 50.5 Å². The molecule has 0 radical (unpaired) electrons. The summed E-state index contributed by atoms with van der Waals surface area (Å²) in [5.41, 5.74) is 1.06. The van der Waals surface area contributed by atoms with E-state index in [4.69, 9.17) is 9.47 Å². The van der Waals surface area contributed by atoms with Crippen LogP contribution >= 0.6 is 0 Å². The standard InChI is InChI=1S/C18H25NO4/c1-22-15-4-2-3-14(9-15)16-11-19(12-17(16)18(20)21)10-13-5-7-23-8-6-13/h2-4,9,13,16-17H,5-8,10-12H2,1H3,(H,20,21)/t16-,17+/m0/s1. The maximum absolute atomic E-state index is 11.7. The van der Waals surface area contributed by atoms with Gasteiger partial charge in [0, 0.05) is 38.8 Å². The van der Waals surface area contributed by atoms with Crippen LogP contribution in [-0.2, 0) is 9.53 Å². The van der Waals surface area contributed by atoms with Crippen molar-refractivity contribution in [1.82, 2.24) is 4.90 Å². The number of carboxylic acid groups (broad SMARTS) is 1. The zero-order chi connectivity index (χ0) is 16.2. The normalized spacial score (nSPS) is 26.3. The van der Waals surface area contributed by atoms with Crippen LogP contribution in [0.4, 0.5) is 0 Å². The number of methoxy groups -OCH3 is 1. The number of likely N-dealkylation sites (tertiary alicyclic amines) is 1. The maximum Gasteiger partial charge on any atom is 0.308 e. The first-order valence-corrected chi connectivity index (χ1v) is 8.34.